The smallest absolute Gasteiger partial charge is 2.00 e. The topological polar surface area (TPSA) is 48.7 Å². The molecule has 0 saturated carbocycles. The summed E-state index contributed by atoms with van der Waals surface area (Å²) in [5, 5.41) is 7.57. The molecule has 0 radical (unpaired) electrons. The Morgan fingerprint density at radius 2 is 1.60 bits per heavy atom. The van der Waals surface area contributed by atoms with Crippen LogP contribution in [-0.2, 0) is 5.48 Å². The zero-order valence-corrected chi connectivity index (χ0v) is 7.71. The van der Waals surface area contributed by atoms with Crippen molar-refractivity contribution in [3.8, 4) is 0 Å². The van der Waals surface area contributed by atoms with E-state index in [0.717, 1.165) is 0 Å². The Morgan fingerprint density at radius 3 is 1.60 bits per heavy atom. The summed E-state index contributed by atoms with van der Waals surface area (Å²) in [6.07, 6.45) is 0. The van der Waals surface area contributed by atoms with Crippen LogP contribution in [0, 0.1) is 0 Å². The SMILES string of the molecule is CCO.[Ba+2].[O-2]. The molecule has 0 aromatic rings. The van der Waals surface area contributed by atoms with E-state index in [4.69, 9.17) is 5.11 Å². The molecular weight excluding hydrogens is 193 g/mol. The molecule has 0 aliphatic rings. The van der Waals surface area contributed by atoms with Gasteiger partial charge in [0, 0.05) is 6.61 Å². The molecular formula is C2H6BaO2. The van der Waals surface area contributed by atoms with Gasteiger partial charge in [0.2, 0.25) is 0 Å². The second-order valence-corrected chi connectivity index (χ2v) is 0.316. The van der Waals surface area contributed by atoms with E-state index < -0.39 is 0 Å². The van der Waals surface area contributed by atoms with Gasteiger partial charge in [-0.3, -0.25) is 0 Å². The molecule has 0 heterocycles. The maximum Gasteiger partial charge on any atom is 2.00 e. The third-order valence-electron chi connectivity index (χ3n) is 0. The standard InChI is InChI=1S/C2H6O.Ba.O/c1-2-3;;/h3H,2H2,1H3;;/q;+2;-2. The Morgan fingerprint density at radius 1 is 1.60 bits per heavy atom. The minimum Gasteiger partial charge on any atom is -2.00 e. The fraction of sp³-hybridized carbons (Fsp3) is 1.00. The van der Waals surface area contributed by atoms with E-state index in [9.17, 15) is 0 Å². The van der Waals surface area contributed by atoms with E-state index in [1.807, 2.05) is 0 Å². The largest absolute Gasteiger partial charge is 2.00 e. The summed E-state index contributed by atoms with van der Waals surface area (Å²) in [5.41, 5.74) is 0. The molecule has 0 aromatic heterocycles. The molecule has 1 N–H and O–H groups in total. The normalized spacial score (nSPS) is 3.60. The van der Waals surface area contributed by atoms with Gasteiger partial charge in [-0.15, -0.1) is 0 Å². The Kier molecular flexibility index (Phi) is 57.3. The van der Waals surface area contributed by atoms with Crippen molar-refractivity contribution in [1.82, 2.24) is 0 Å². The van der Waals surface area contributed by atoms with Crippen LogP contribution in [0.2, 0.25) is 0 Å². The Bertz CT molecular complexity index is 7.61. The third-order valence-corrected chi connectivity index (χ3v) is 0. The Hall–Kier alpha value is 1.49. The third kappa shape index (κ3) is 30.1. The predicted octanol–water partition coefficient (Wildman–Crippen LogP) is -0.501. The van der Waals surface area contributed by atoms with E-state index in [2.05, 4.69) is 0 Å². The number of aliphatic hydroxyl groups is 1. The van der Waals surface area contributed by atoms with Gasteiger partial charge < -0.3 is 10.6 Å². The fourth-order valence-corrected chi connectivity index (χ4v) is 0. The first kappa shape index (κ1) is 16.1. The van der Waals surface area contributed by atoms with Gasteiger partial charge in [0.25, 0.3) is 0 Å². The second kappa shape index (κ2) is 17.8. The first-order valence-corrected chi connectivity index (χ1v) is 1.02. The van der Waals surface area contributed by atoms with Crippen LogP contribution in [0.15, 0.2) is 0 Å². The van der Waals surface area contributed by atoms with Gasteiger partial charge in [0.1, 0.15) is 0 Å². The number of aliphatic hydroxyl groups excluding tert-OH is 1. The van der Waals surface area contributed by atoms with Crippen LogP contribution in [0.3, 0.4) is 0 Å². The first-order valence-electron chi connectivity index (χ1n) is 1.02. The minimum atomic E-state index is 0. The van der Waals surface area contributed by atoms with Gasteiger partial charge in [0.15, 0.2) is 0 Å². The monoisotopic (exact) mass is 200 g/mol. The van der Waals surface area contributed by atoms with Crippen molar-refractivity contribution in [3.63, 3.8) is 0 Å². The summed E-state index contributed by atoms with van der Waals surface area (Å²) >= 11 is 0. The molecule has 0 fully saturated rings. The van der Waals surface area contributed by atoms with E-state index in [1.165, 1.54) is 0 Å². The van der Waals surface area contributed by atoms with Crippen molar-refractivity contribution in [2.75, 3.05) is 6.61 Å². The molecule has 0 atom stereocenters. The summed E-state index contributed by atoms with van der Waals surface area (Å²) in [4.78, 5) is 0. The fourth-order valence-electron chi connectivity index (χ4n) is 0. The molecule has 28 valence electrons. The average molecular weight is 199 g/mol. The summed E-state index contributed by atoms with van der Waals surface area (Å²) in [6, 6.07) is 0. The molecule has 0 aliphatic carbocycles. The van der Waals surface area contributed by atoms with Gasteiger partial charge >= 0.3 is 48.9 Å². The molecule has 2 nitrogen and oxygen atoms in total. The van der Waals surface area contributed by atoms with Crippen LogP contribution in [0.5, 0.6) is 0 Å². The molecule has 0 aliphatic heterocycles. The molecule has 0 bridgehead atoms. The van der Waals surface area contributed by atoms with Crippen LogP contribution < -0.4 is 0 Å². The zero-order chi connectivity index (χ0) is 2.71. The van der Waals surface area contributed by atoms with Crippen molar-refractivity contribution in [2.45, 2.75) is 6.92 Å². The summed E-state index contributed by atoms with van der Waals surface area (Å²) in [5.74, 6) is 0. The maximum atomic E-state index is 7.57. The molecule has 3 heteroatoms. The first-order chi connectivity index (χ1) is 1.41. The summed E-state index contributed by atoms with van der Waals surface area (Å²) < 4.78 is 0. The van der Waals surface area contributed by atoms with Crippen molar-refractivity contribution in [2.24, 2.45) is 0 Å². The molecule has 0 aromatic carbocycles. The average Bonchev–Trinajstić information content (AvgIpc) is 0.918. The Balaban J connectivity index is -0.0000000200. The molecule has 0 spiro atoms. The van der Waals surface area contributed by atoms with Crippen LogP contribution in [0.25, 0.3) is 0 Å². The van der Waals surface area contributed by atoms with Gasteiger partial charge in [-0.05, 0) is 6.92 Å². The van der Waals surface area contributed by atoms with Gasteiger partial charge in [-0.2, -0.15) is 0 Å². The molecule has 0 saturated heterocycles. The predicted molar refractivity (Wildman–Crippen MR) is 19.2 cm³/mol. The van der Waals surface area contributed by atoms with Crippen LogP contribution >= 0.6 is 0 Å². The van der Waals surface area contributed by atoms with Gasteiger partial charge in [0.05, 0.1) is 0 Å². The Labute approximate surface area is 72.0 Å². The van der Waals surface area contributed by atoms with Crippen molar-refractivity contribution < 1.29 is 10.6 Å². The van der Waals surface area contributed by atoms with Crippen molar-refractivity contribution >= 4 is 48.9 Å². The van der Waals surface area contributed by atoms with E-state index in [0.29, 0.717) is 0 Å². The molecule has 0 amide bonds. The van der Waals surface area contributed by atoms with E-state index in [1.54, 1.807) is 6.92 Å². The number of hydrogen-bond donors (Lipinski definition) is 1. The van der Waals surface area contributed by atoms with Crippen molar-refractivity contribution in [1.29, 1.82) is 0 Å². The number of rotatable bonds is 0. The number of hydrogen-bond acceptors (Lipinski definition) is 1. The molecule has 0 unspecified atom stereocenters. The molecule has 5 heavy (non-hydrogen) atoms. The van der Waals surface area contributed by atoms with Crippen molar-refractivity contribution in [3.05, 3.63) is 0 Å². The van der Waals surface area contributed by atoms with Crippen LogP contribution in [0.4, 0.5) is 0 Å². The second-order valence-electron chi connectivity index (χ2n) is 0.316. The summed E-state index contributed by atoms with van der Waals surface area (Å²) in [6.45, 7) is 1.93. The van der Waals surface area contributed by atoms with Crippen LogP contribution in [0.1, 0.15) is 6.92 Å². The zero-order valence-electron chi connectivity index (χ0n) is 3.27. The molecule has 0 rings (SSSR count). The summed E-state index contributed by atoms with van der Waals surface area (Å²) in [7, 11) is 0. The van der Waals surface area contributed by atoms with E-state index in [-0.39, 0.29) is 61.0 Å². The maximum absolute atomic E-state index is 7.57. The quantitative estimate of drug-likeness (QED) is 0.525. The van der Waals surface area contributed by atoms with Crippen LogP contribution in [-0.4, -0.2) is 60.6 Å². The van der Waals surface area contributed by atoms with Gasteiger partial charge in [-0.1, -0.05) is 0 Å². The van der Waals surface area contributed by atoms with E-state index >= 15 is 0 Å². The minimum absolute atomic E-state index is 0. The van der Waals surface area contributed by atoms with Gasteiger partial charge in [-0.25, -0.2) is 0 Å².